The largest absolute Gasteiger partial charge is 0.493 e. The maximum atomic E-state index is 13.1. The van der Waals surface area contributed by atoms with Gasteiger partial charge in [-0.25, -0.2) is 23.1 Å². The van der Waals surface area contributed by atoms with E-state index in [1.165, 1.54) is 20.2 Å². The zero-order valence-electron chi connectivity index (χ0n) is 21.9. The average Bonchev–Trinajstić information content (AvgIpc) is 3.46. The number of hydrogen-bond acceptors (Lipinski definition) is 8. The molecule has 5 rings (SSSR count). The van der Waals surface area contributed by atoms with Crippen molar-refractivity contribution in [1.29, 1.82) is 0 Å². The third-order valence-electron chi connectivity index (χ3n) is 6.15. The van der Waals surface area contributed by atoms with E-state index in [0.717, 1.165) is 0 Å². The highest BCUT2D eigenvalue weighted by Crippen LogP contribution is 2.36. The molecule has 0 saturated heterocycles. The molecule has 0 aliphatic carbocycles. The lowest BCUT2D eigenvalue weighted by atomic mass is 10.1. The van der Waals surface area contributed by atoms with Gasteiger partial charge in [-0.3, -0.25) is 4.79 Å². The van der Waals surface area contributed by atoms with Gasteiger partial charge in [0.05, 0.1) is 30.5 Å². The predicted molar refractivity (Wildman–Crippen MR) is 152 cm³/mol. The summed E-state index contributed by atoms with van der Waals surface area (Å²) < 4.78 is 41.0. The standard InChI is InChI=1S/C28H26N6O5S/c1-29-40(36,37)24-11-7-10-20(33-28(35)18-8-5-4-6-9-18)25(24)21-17-34-15-14-30-27(34)26(32-21)31-19-12-13-22(38-2)23(16-19)39-3/h4-17,29H,1-3H3,(H,31,32)(H,33,35). The Morgan fingerprint density at radius 1 is 0.950 bits per heavy atom. The van der Waals surface area contributed by atoms with E-state index in [-0.39, 0.29) is 21.8 Å². The summed E-state index contributed by atoms with van der Waals surface area (Å²) in [7, 11) is 0.469. The molecule has 0 radical (unpaired) electrons. The molecule has 12 heteroatoms. The number of nitrogens with zero attached hydrogens (tertiary/aromatic N) is 3. The van der Waals surface area contributed by atoms with Crippen molar-refractivity contribution in [2.24, 2.45) is 0 Å². The second kappa shape index (κ2) is 11.0. The lowest BCUT2D eigenvalue weighted by molar-refractivity contribution is 0.102. The molecule has 11 nitrogen and oxygen atoms in total. The first-order chi connectivity index (χ1) is 19.3. The lowest BCUT2D eigenvalue weighted by Gasteiger charge is -2.17. The molecular formula is C28H26N6O5S. The van der Waals surface area contributed by atoms with Crippen LogP contribution in [0.1, 0.15) is 10.4 Å². The van der Waals surface area contributed by atoms with Crippen LogP contribution in [0.15, 0.2) is 90.2 Å². The fraction of sp³-hybridized carbons (Fsp3) is 0.107. The molecule has 0 atom stereocenters. The Hall–Kier alpha value is -4.94. The highest BCUT2D eigenvalue weighted by atomic mass is 32.2. The molecule has 0 aliphatic rings. The number of rotatable bonds is 9. The molecule has 0 bridgehead atoms. The van der Waals surface area contributed by atoms with E-state index in [2.05, 4.69) is 20.3 Å². The molecule has 2 heterocycles. The normalized spacial score (nSPS) is 11.3. The monoisotopic (exact) mass is 558 g/mol. The summed E-state index contributed by atoms with van der Waals surface area (Å²) in [6.45, 7) is 0. The van der Waals surface area contributed by atoms with Gasteiger partial charge in [-0.2, -0.15) is 0 Å². The van der Waals surface area contributed by atoms with Gasteiger partial charge >= 0.3 is 0 Å². The number of benzene rings is 3. The summed E-state index contributed by atoms with van der Waals surface area (Å²) in [5.74, 6) is 1.03. The Labute approximate surface area is 230 Å². The van der Waals surface area contributed by atoms with Crippen molar-refractivity contribution in [2.75, 3.05) is 31.9 Å². The van der Waals surface area contributed by atoms with Crippen molar-refractivity contribution in [3.05, 3.63) is 90.9 Å². The van der Waals surface area contributed by atoms with Crippen LogP contribution in [0, 0.1) is 0 Å². The van der Waals surface area contributed by atoms with Gasteiger partial charge in [0.1, 0.15) is 0 Å². The van der Waals surface area contributed by atoms with Gasteiger partial charge < -0.3 is 24.5 Å². The Morgan fingerprint density at radius 2 is 1.73 bits per heavy atom. The molecule has 40 heavy (non-hydrogen) atoms. The van der Waals surface area contributed by atoms with Crippen molar-refractivity contribution in [3.8, 4) is 22.8 Å². The van der Waals surface area contributed by atoms with Crippen LogP contribution in [0.5, 0.6) is 11.5 Å². The first kappa shape index (κ1) is 26.7. The van der Waals surface area contributed by atoms with Crippen molar-refractivity contribution in [2.45, 2.75) is 4.90 Å². The molecule has 3 aromatic carbocycles. The minimum absolute atomic E-state index is 0.0510. The number of anilines is 3. The van der Waals surface area contributed by atoms with Gasteiger partial charge in [0.25, 0.3) is 5.91 Å². The van der Waals surface area contributed by atoms with E-state index < -0.39 is 15.9 Å². The van der Waals surface area contributed by atoms with E-state index in [0.29, 0.717) is 34.2 Å². The Kier molecular flexibility index (Phi) is 7.36. The van der Waals surface area contributed by atoms with Gasteiger partial charge in [0, 0.05) is 41.5 Å². The smallest absolute Gasteiger partial charge is 0.255 e. The number of sulfonamides is 1. The number of carbonyl (C=O) groups excluding carboxylic acids is 1. The van der Waals surface area contributed by atoms with Crippen molar-refractivity contribution >= 4 is 38.8 Å². The summed E-state index contributed by atoms with van der Waals surface area (Å²) >= 11 is 0. The fourth-order valence-electron chi connectivity index (χ4n) is 4.20. The van der Waals surface area contributed by atoms with E-state index in [9.17, 15) is 13.2 Å². The molecule has 5 aromatic rings. The molecule has 3 N–H and O–H groups in total. The maximum Gasteiger partial charge on any atom is 0.255 e. The number of hydrogen-bond donors (Lipinski definition) is 3. The van der Waals surface area contributed by atoms with Crippen molar-refractivity contribution < 1.29 is 22.7 Å². The topological polar surface area (TPSA) is 136 Å². The summed E-state index contributed by atoms with van der Waals surface area (Å²) in [6.07, 6.45) is 4.98. The van der Waals surface area contributed by atoms with Crippen LogP contribution in [0.2, 0.25) is 0 Å². The van der Waals surface area contributed by atoms with Gasteiger partial charge in [0.15, 0.2) is 23.0 Å². The second-order valence-corrected chi connectivity index (χ2v) is 10.4. The first-order valence-electron chi connectivity index (χ1n) is 12.1. The minimum atomic E-state index is -3.95. The van der Waals surface area contributed by atoms with Crippen LogP contribution >= 0.6 is 0 Å². The van der Waals surface area contributed by atoms with E-state index in [4.69, 9.17) is 14.5 Å². The number of imidazole rings is 1. The quantitative estimate of drug-likeness (QED) is 0.243. The number of amides is 1. The Morgan fingerprint density at radius 3 is 2.45 bits per heavy atom. The van der Waals surface area contributed by atoms with Gasteiger partial charge in [0.2, 0.25) is 10.0 Å². The summed E-state index contributed by atoms with van der Waals surface area (Å²) in [5.41, 5.74) is 2.33. The molecule has 204 valence electrons. The fourth-order valence-corrected chi connectivity index (χ4v) is 5.16. The van der Waals surface area contributed by atoms with Crippen molar-refractivity contribution in [3.63, 3.8) is 0 Å². The van der Waals surface area contributed by atoms with E-state index in [1.807, 2.05) is 0 Å². The highest BCUT2D eigenvalue weighted by Gasteiger charge is 2.24. The summed E-state index contributed by atoms with van der Waals surface area (Å²) in [6, 6.07) is 18.6. The zero-order chi connectivity index (χ0) is 28.3. The lowest BCUT2D eigenvalue weighted by Crippen LogP contribution is -2.21. The second-order valence-electron chi connectivity index (χ2n) is 8.53. The van der Waals surface area contributed by atoms with E-state index >= 15 is 0 Å². The summed E-state index contributed by atoms with van der Waals surface area (Å²) in [5, 5.41) is 6.10. The maximum absolute atomic E-state index is 13.1. The number of nitrogens with one attached hydrogen (secondary N) is 3. The summed E-state index contributed by atoms with van der Waals surface area (Å²) in [4.78, 5) is 22.2. The van der Waals surface area contributed by atoms with Gasteiger partial charge in [-0.1, -0.05) is 24.3 Å². The van der Waals surface area contributed by atoms with Crippen LogP contribution in [0.3, 0.4) is 0 Å². The molecule has 1 amide bonds. The van der Waals surface area contributed by atoms with Crippen LogP contribution in [-0.4, -0.2) is 50.0 Å². The molecular weight excluding hydrogens is 532 g/mol. The minimum Gasteiger partial charge on any atom is -0.493 e. The first-order valence-corrected chi connectivity index (χ1v) is 13.6. The van der Waals surface area contributed by atoms with Crippen LogP contribution < -0.4 is 24.8 Å². The third kappa shape index (κ3) is 5.17. The number of carbonyl (C=O) groups is 1. The van der Waals surface area contributed by atoms with Crippen molar-refractivity contribution in [1.82, 2.24) is 19.1 Å². The molecule has 2 aromatic heterocycles. The van der Waals surface area contributed by atoms with Crippen LogP contribution in [0.4, 0.5) is 17.2 Å². The SMILES string of the molecule is CNS(=O)(=O)c1cccc(NC(=O)c2ccccc2)c1-c1cn2ccnc2c(Nc2ccc(OC)c(OC)c2)n1. The molecule has 0 saturated carbocycles. The molecule has 0 spiro atoms. The average molecular weight is 559 g/mol. The molecule has 0 fully saturated rings. The predicted octanol–water partition coefficient (Wildman–Crippen LogP) is 4.32. The number of methoxy groups -OCH3 is 2. The van der Waals surface area contributed by atoms with Gasteiger partial charge in [-0.15, -0.1) is 0 Å². The third-order valence-corrected chi connectivity index (χ3v) is 7.60. The van der Waals surface area contributed by atoms with Crippen LogP contribution in [-0.2, 0) is 10.0 Å². The zero-order valence-corrected chi connectivity index (χ0v) is 22.7. The number of ether oxygens (including phenoxy) is 2. The van der Waals surface area contributed by atoms with Crippen LogP contribution in [0.25, 0.3) is 16.9 Å². The molecule has 0 aliphatic heterocycles. The van der Waals surface area contributed by atoms with Gasteiger partial charge in [-0.05, 0) is 43.4 Å². The number of aromatic nitrogens is 3. The molecule has 0 unspecified atom stereocenters. The van der Waals surface area contributed by atoms with E-state index in [1.54, 1.807) is 90.8 Å². The Balaban J connectivity index is 1.67. The highest BCUT2D eigenvalue weighted by molar-refractivity contribution is 7.89. The Bertz CT molecular complexity index is 1810. The number of fused-ring (bicyclic) bond motifs is 1.